The lowest BCUT2D eigenvalue weighted by molar-refractivity contribution is 0.462. The molecule has 86 valence electrons. The molecule has 0 saturated heterocycles. The van der Waals surface area contributed by atoms with Crippen LogP contribution < -0.4 is 10.7 Å². The molecule has 0 bridgehead atoms. The van der Waals surface area contributed by atoms with Gasteiger partial charge < -0.3 is 10.1 Å². The molecule has 0 atom stereocenters. The maximum absolute atomic E-state index is 9.88. The van der Waals surface area contributed by atoms with Crippen LogP contribution in [-0.4, -0.2) is 15.1 Å². The van der Waals surface area contributed by atoms with Gasteiger partial charge in [-0.3, -0.25) is 0 Å². The van der Waals surface area contributed by atoms with Gasteiger partial charge in [-0.2, -0.15) is 0 Å². The van der Waals surface area contributed by atoms with Crippen molar-refractivity contribution in [2.24, 2.45) is 4.99 Å². The third-order valence-electron chi connectivity index (χ3n) is 3.16. The van der Waals surface area contributed by atoms with Gasteiger partial charge in [0.2, 0.25) is 0 Å². The van der Waals surface area contributed by atoms with Gasteiger partial charge in [-0.05, 0) is 30.3 Å². The first kappa shape index (κ1) is 9.41. The third-order valence-corrected chi connectivity index (χ3v) is 3.16. The Hall–Kier alpha value is -2.62. The molecule has 0 aliphatic carbocycles. The van der Waals surface area contributed by atoms with E-state index in [1.165, 1.54) is 0 Å². The van der Waals surface area contributed by atoms with E-state index in [9.17, 15) is 5.11 Å². The average molecular weight is 235 g/mol. The van der Waals surface area contributed by atoms with Crippen LogP contribution in [-0.2, 0) is 0 Å². The van der Waals surface area contributed by atoms with Crippen molar-refractivity contribution in [1.29, 1.82) is 0 Å². The van der Waals surface area contributed by atoms with Crippen molar-refractivity contribution in [3.8, 4) is 5.88 Å². The first-order valence-electron chi connectivity index (χ1n) is 5.68. The summed E-state index contributed by atoms with van der Waals surface area (Å²) in [5.41, 5.74) is 2.40. The Bertz CT molecular complexity index is 893. The van der Waals surface area contributed by atoms with Crippen molar-refractivity contribution in [3.05, 3.63) is 52.9 Å². The lowest BCUT2D eigenvalue weighted by Gasteiger charge is -1.95. The van der Waals surface area contributed by atoms with E-state index in [0.717, 1.165) is 27.4 Å². The zero-order chi connectivity index (χ0) is 12.1. The maximum Gasteiger partial charge on any atom is 0.196 e. The Morgan fingerprint density at radius 1 is 1.11 bits per heavy atom. The van der Waals surface area contributed by atoms with E-state index in [-0.39, 0.29) is 5.88 Å². The quantitative estimate of drug-likeness (QED) is 0.483. The third kappa shape index (κ3) is 1.14. The predicted octanol–water partition coefficient (Wildman–Crippen LogP) is 1.36. The van der Waals surface area contributed by atoms with Gasteiger partial charge in [-0.1, -0.05) is 6.07 Å². The highest BCUT2D eigenvalue weighted by molar-refractivity contribution is 6.02. The zero-order valence-electron chi connectivity index (χ0n) is 9.38. The number of nitrogens with zero attached hydrogens (tertiary/aromatic N) is 2. The van der Waals surface area contributed by atoms with E-state index in [1.807, 2.05) is 36.4 Å². The fourth-order valence-corrected chi connectivity index (χ4v) is 2.36. The lowest BCUT2D eigenvalue weighted by atomic mass is 10.1. The molecule has 0 amide bonds. The SMILES string of the molecule is Oc1[nH]c2c3c(cccc13)N=c1ncccc1=C2. The van der Waals surface area contributed by atoms with Gasteiger partial charge in [0.25, 0.3) is 0 Å². The van der Waals surface area contributed by atoms with E-state index in [1.54, 1.807) is 6.20 Å². The van der Waals surface area contributed by atoms with Crippen LogP contribution in [0.1, 0.15) is 5.69 Å². The summed E-state index contributed by atoms with van der Waals surface area (Å²) in [6, 6.07) is 9.52. The summed E-state index contributed by atoms with van der Waals surface area (Å²) in [4.78, 5) is 11.8. The van der Waals surface area contributed by atoms with Crippen molar-refractivity contribution in [2.75, 3.05) is 0 Å². The first-order chi connectivity index (χ1) is 8.83. The highest BCUT2D eigenvalue weighted by Crippen LogP contribution is 2.35. The zero-order valence-corrected chi connectivity index (χ0v) is 9.38. The number of aromatic amines is 1. The maximum atomic E-state index is 9.88. The molecule has 1 aliphatic rings. The summed E-state index contributed by atoms with van der Waals surface area (Å²) in [6.07, 6.45) is 3.69. The highest BCUT2D eigenvalue weighted by Gasteiger charge is 2.13. The summed E-state index contributed by atoms with van der Waals surface area (Å²) in [6.45, 7) is 0. The van der Waals surface area contributed by atoms with Gasteiger partial charge >= 0.3 is 0 Å². The van der Waals surface area contributed by atoms with Crippen LogP contribution in [0.15, 0.2) is 41.5 Å². The predicted molar refractivity (Wildman–Crippen MR) is 68.2 cm³/mol. The number of aromatic nitrogens is 2. The van der Waals surface area contributed by atoms with E-state index >= 15 is 0 Å². The fourth-order valence-electron chi connectivity index (χ4n) is 2.36. The van der Waals surface area contributed by atoms with Gasteiger partial charge in [-0.15, -0.1) is 0 Å². The number of rotatable bonds is 0. The summed E-state index contributed by atoms with van der Waals surface area (Å²) >= 11 is 0. The average Bonchev–Trinajstić information content (AvgIpc) is 2.61. The molecule has 0 saturated carbocycles. The molecule has 18 heavy (non-hydrogen) atoms. The highest BCUT2D eigenvalue weighted by atomic mass is 16.3. The van der Waals surface area contributed by atoms with Gasteiger partial charge in [0, 0.05) is 22.2 Å². The van der Waals surface area contributed by atoms with Gasteiger partial charge in [-0.25, -0.2) is 9.98 Å². The second-order valence-electron chi connectivity index (χ2n) is 4.26. The van der Waals surface area contributed by atoms with Crippen LogP contribution in [0.25, 0.3) is 16.8 Å². The Kier molecular flexibility index (Phi) is 1.67. The Labute approximate surface area is 102 Å². The van der Waals surface area contributed by atoms with Crippen molar-refractivity contribution < 1.29 is 5.11 Å². The molecule has 0 fully saturated rings. The summed E-state index contributed by atoms with van der Waals surface area (Å²) in [5.74, 6) is 0.181. The molecule has 1 aromatic carbocycles. The molecule has 4 rings (SSSR count). The van der Waals surface area contributed by atoms with Crippen LogP contribution in [0.5, 0.6) is 5.88 Å². The molecule has 0 unspecified atom stereocenters. The summed E-state index contributed by atoms with van der Waals surface area (Å²) < 4.78 is 0. The molecule has 3 aromatic rings. The van der Waals surface area contributed by atoms with E-state index in [0.29, 0.717) is 5.49 Å². The number of aromatic hydroxyl groups is 1. The smallest absolute Gasteiger partial charge is 0.196 e. The van der Waals surface area contributed by atoms with Gasteiger partial charge in [0.1, 0.15) is 0 Å². The molecule has 0 radical (unpaired) electrons. The van der Waals surface area contributed by atoms with Gasteiger partial charge in [0.05, 0.1) is 11.4 Å². The fraction of sp³-hybridized carbons (Fsp3) is 0. The molecule has 4 heteroatoms. The number of fused-ring (bicyclic) bond motifs is 1. The molecule has 2 N–H and O–H groups in total. The number of pyridine rings is 1. The molecule has 4 nitrogen and oxygen atoms in total. The minimum absolute atomic E-state index is 0.181. The Morgan fingerprint density at radius 3 is 3.00 bits per heavy atom. The van der Waals surface area contributed by atoms with Crippen molar-refractivity contribution >= 4 is 22.5 Å². The number of nitrogens with one attached hydrogen (secondary N) is 1. The van der Waals surface area contributed by atoms with Crippen LogP contribution >= 0.6 is 0 Å². The Morgan fingerprint density at radius 2 is 2.06 bits per heavy atom. The second kappa shape index (κ2) is 3.20. The van der Waals surface area contributed by atoms with Crippen LogP contribution in [0, 0.1) is 0 Å². The molecule has 0 spiro atoms. The van der Waals surface area contributed by atoms with E-state index in [2.05, 4.69) is 15.0 Å². The summed E-state index contributed by atoms with van der Waals surface area (Å²) in [5, 5.41) is 12.5. The lowest BCUT2D eigenvalue weighted by Crippen LogP contribution is -2.26. The number of hydrogen-bond acceptors (Lipinski definition) is 3. The first-order valence-corrected chi connectivity index (χ1v) is 5.68. The monoisotopic (exact) mass is 235 g/mol. The second-order valence-corrected chi connectivity index (χ2v) is 4.26. The normalized spacial score (nSPS) is 12.4. The molecule has 1 aliphatic heterocycles. The minimum atomic E-state index is 0.181. The summed E-state index contributed by atoms with van der Waals surface area (Å²) in [7, 11) is 0. The number of benzene rings is 1. The van der Waals surface area contributed by atoms with Crippen molar-refractivity contribution in [2.45, 2.75) is 0 Å². The number of hydrogen-bond donors (Lipinski definition) is 2. The number of H-pyrrole nitrogens is 1. The topological polar surface area (TPSA) is 61.3 Å². The van der Waals surface area contributed by atoms with E-state index in [4.69, 9.17) is 0 Å². The minimum Gasteiger partial charge on any atom is -0.494 e. The molecule has 3 heterocycles. The Balaban J connectivity index is 2.29. The molecular weight excluding hydrogens is 226 g/mol. The molecular formula is C14H9N3O. The van der Waals surface area contributed by atoms with Crippen LogP contribution in [0.2, 0.25) is 0 Å². The van der Waals surface area contributed by atoms with Crippen molar-refractivity contribution in [1.82, 2.24) is 9.97 Å². The van der Waals surface area contributed by atoms with Crippen LogP contribution in [0.3, 0.4) is 0 Å². The van der Waals surface area contributed by atoms with Gasteiger partial charge in [0.15, 0.2) is 11.4 Å². The standard InChI is InChI=1S/C14H9N3O/c18-14-9-4-1-5-10-12(9)11(17-14)7-8-3-2-6-15-13(8)16-10/h1-7,17-18H. The molecule has 2 aromatic heterocycles. The van der Waals surface area contributed by atoms with E-state index < -0.39 is 0 Å². The van der Waals surface area contributed by atoms with Crippen molar-refractivity contribution in [3.63, 3.8) is 0 Å². The largest absolute Gasteiger partial charge is 0.494 e. The van der Waals surface area contributed by atoms with Crippen LogP contribution in [0.4, 0.5) is 5.69 Å².